The monoisotopic (exact) mass is 355 g/mol. The summed E-state index contributed by atoms with van der Waals surface area (Å²) in [5.41, 5.74) is 2.18. The van der Waals surface area contributed by atoms with Gasteiger partial charge in [0, 0.05) is 10.4 Å². The van der Waals surface area contributed by atoms with Gasteiger partial charge in [-0.15, -0.1) is 11.3 Å². The van der Waals surface area contributed by atoms with Crippen LogP contribution in [-0.2, 0) is 4.79 Å². The Morgan fingerprint density at radius 1 is 1.36 bits per heavy atom. The van der Waals surface area contributed by atoms with Gasteiger partial charge in [0.1, 0.15) is 5.75 Å². The van der Waals surface area contributed by atoms with E-state index in [1.54, 1.807) is 18.2 Å². The van der Waals surface area contributed by atoms with Gasteiger partial charge in [0.05, 0.1) is 17.6 Å². The molecule has 1 aliphatic rings. The lowest BCUT2D eigenvalue weighted by atomic mass is 10.1. The van der Waals surface area contributed by atoms with Crippen LogP contribution in [0.4, 0.5) is 10.8 Å². The molecule has 0 saturated heterocycles. The Balaban J connectivity index is 1.61. The van der Waals surface area contributed by atoms with Gasteiger partial charge in [-0.25, -0.2) is 4.98 Å². The van der Waals surface area contributed by atoms with Crippen LogP contribution in [0.3, 0.4) is 0 Å². The quantitative estimate of drug-likeness (QED) is 0.752. The maximum Gasteiger partial charge on any atom is 0.293 e. The molecule has 0 bridgehead atoms. The highest BCUT2D eigenvalue weighted by molar-refractivity contribution is 7.16. The maximum absolute atomic E-state index is 12.1. The van der Waals surface area contributed by atoms with Crippen LogP contribution < -0.4 is 15.4 Å². The molecule has 1 aliphatic heterocycles. The lowest BCUT2D eigenvalue weighted by molar-refractivity contribution is -0.118. The van der Waals surface area contributed by atoms with Crippen LogP contribution >= 0.6 is 11.3 Å². The summed E-state index contributed by atoms with van der Waals surface area (Å²) in [6, 6.07) is 8.72. The Labute approximate surface area is 146 Å². The molecule has 0 aliphatic carbocycles. The summed E-state index contributed by atoms with van der Waals surface area (Å²) in [5, 5.41) is 5.98. The zero-order valence-electron chi connectivity index (χ0n) is 13.2. The molecule has 126 valence electrons. The van der Waals surface area contributed by atoms with E-state index in [0.29, 0.717) is 16.6 Å². The van der Waals surface area contributed by atoms with E-state index in [2.05, 4.69) is 15.6 Å². The molecule has 0 unspecified atom stereocenters. The topological polar surface area (TPSA) is 93.5 Å². The number of hydrogen-bond acceptors (Lipinski definition) is 6. The van der Waals surface area contributed by atoms with Gasteiger partial charge in [-0.05, 0) is 37.3 Å². The Bertz CT molecular complexity index is 962. The number of thiazole rings is 1. The third-order valence-corrected chi connectivity index (χ3v) is 4.53. The molecule has 3 heterocycles. The molecule has 4 rings (SSSR count). The molecule has 2 amide bonds. The normalized spacial score (nSPS) is 12.9. The van der Waals surface area contributed by atoms with Crippen molar-refractivity contribution in [3.63, 3.8) is 0 Å². The van der Waals surface area contributed by atoms with E-state index in [0.717, 1.165) is 16.1 Å². The van der Waals surface area contributed by atoms with Gasteiger partial charge < -0.3 is 14.5 Å². The van der Waals surface area contributed by atoms with Gasteiger partial charge in [-0.1, -0.05) is 0 Å². The number of anilines is 2. The van der Waals surface area contributed by atoms with E-state index >= 15 is 0 Å². The largest absolute Gasteiger partial charge is 0.482 e. The lowest BCUT2D eigenvalue weighted by Crippen LogP contribution is -2.25. The number of fused-ring (bicyclic) bond motifs is 1. The molecular weight excluding hydrogens is 342 g/mol. The zero-order chi connectivity index (χ0) is 17.4. The molecule has 2 N–H and O–H groups in total. The molecule has 0 saturated carbocycles. The molecule has 1 aromatic carbocycles. The van der Waals surface area contributed by atoms with Crippen LogP contribution in [-0.4, -0.2) is 23.4 Å². The number of nitrogens with one attached hydrogen (secondary N) is 2. The molecule has 0 radical (unpaired) electrons. The van der Waals surface area contributed by atoms with Crippen molar-refractivity contribution < 1.29 is 18.7 Å². The molecular formula is C17H13N3O4S. The minimum Gasteiger partial charge on any atom is -0.482 e. The van der Waals surface area contributed by atoms with E-state index in [1.807, 2.05) is 19.1 Å². The number of aryl methyl sites for hydroxylation is 1. The second kappa shape index (κ2) is 6.06. The van der Waals surface area contributed by atoms with E-state index in [1.165, 1.54) is 17.6 Å². The number of amides is 2. The first kappa shape index (κ1) is 15.4. The van der Waals surface area contributed by atoms with Crippen LogP contribution in [0.15, 0.2) is 41.0 Å². The van der Waals surface area contributed by atoms with Gasteiger partial charge >= 0.3 is 0 Å². The van der Waals surface area contributed by atoms with Crippen molar-refractivity contribution in [2.75, 3.05) is 17.2 Å². The van der Waals surface area contributed by atoms with E-state index in [4.69, 9.17) is 9.15 Å². The van der Waals surface area contributed by atoms with E-state index in [-0.39, 0.29) is 24.2 Å². The highest BCUT2D eigenvalue weighted by Crippen LogP contribution is 2.36. The summed E-state index contributed by atoms with van der Waals surface area (Å²) in [4.78, 5) is 29.0. The van der Waals surface area contributed by atoms with E-state index < -0.39 is 0 Å². The summed E-state index contributed by atoms with van der Waals surface area (Å²) < 4.78 is 10.4. The second-order valence-electron chi connectivity index (χ2n) is 5.40. The Morgan fingerprint density at radius 2 is 2.24 bits per heavy atom. The van der Waals surface area contributed by atoms with Crippen molar-refractivity contribution in [1.29, 1.82) is 0 Å². The lowest BCUT2D eigenvalue weighted by Gasteiger charge is -2.18. The van der Waals surface area contributed by atoms with Crippen molar-refractivity contribution in [3.05, 3.63) is 47.2 Å². The Morgan fingerprint density at radius 3 is 3.04 bits per heavy atom. The number of hydrogen-bond donors (Lipinski definition) is 2. The number of furan rings is 1. The van der Waals surface area contributed by atoms with Crippen molar-refractivity contribution in [1.82, 2.24) is 4.98 Å². The average molecular weight is 355 g/mol. The van der Waals surface area contributed by atoms with Crippen LogP contribution in [0.25, 0.3) is 11.3 Å². The summed E-state index contributed by atoms with van der Waals surface area (Å²) in [5.74, 6) is 0.313. The minimum atomic E-state index is -0.351. The highest BCUT2D eigenvalue weighted by Gasteiger charge is 2.19. The summed E-state index contributed by atoms with van der Waals surface area (Å²) in [6.45, 7) is 1.94. The van der Waals surface area contributed by atoms with Gasteiger partial charge in [-0.2, -0.15) is 0 Å². The van der Waals surface area contributed by atoms with Gasteiger partial charge in [0.25, 0.3) is 11.8 Å². The number of benzene rings is 1. The molecule has 8 heteroatoms. The molecule has 3 aromatic rings. The number of rotatable bonds is 3. The average Bonchev–Trinajstić information content (AvgIpc) is 3.24. The highest BCUT2D eigenvalue weighted by atomic mass is 32.1. The number of carbonyl (C=O) groups is 2. The summed E-state index contributed by atoms with van der Waals surface area (Å²) in [7, 11) is 0. The standard InChI is InChI=1S/C17H13N3O4S/c1-9-15(10-4-5-12-11(7-10)18-14(21)8-24-12)19-17(25-9)20-16(22)13-3-2-6-23-13/h2-7H,8H2,1H3,(H,18,21)(H,19,20,22). The van der Waals surface area contributed by atoms with Gasteiger partial charge in [0.2, 0.25) is 0 Å². The first-order valence-corrected chi connectivity index (χ1v) is 8.31. The minimum absolute atomic E-state index is 0.0189. The van der Waals surface area contributed by atoms with Crippen LogP contribution in [0.1, 0.15) is 15.4 Å². The number of nitrogens with zero attached hydrogens (tertiary/aromatic N) is 1. The molecule has 0 atom stereocenters. The fraction of sp³-hybridized carbons (Fsp3) is 0.118. The fourth-order valence-electron chi connectivity index (χ4n) is 2.51. The number of ether oxygens (including phenoxy) is 1. The third kappa shape index (κ3) is 2.99. The molecule has 2 aromatic heterocycles. The maximum atomic E-state index is 12.1. The van der Waals surface area contributed by atoms with Gasteiger partial charge in [-0.3, -0.25) is 14.9 Å². The van der Waals surface area contributed by atoms with Crippen molar-refractivity contribution in [3.8, 4) is 17.0 Å². The van der Waals surface area contributed by atoms with Crippen molar-refractivity contribution in [2.24, 2.45) is 0 Å². The van der Waals surface area contributed by atoms with Gasteiger partial charge in [0.15, 0.2) is 17.5 Å². The molecule has 0 spiro atoms. The van der Waals surface area contributed by atoms with Crippen molar-refractivity contribution in [2.45, 2.75) is 6.92 Å². The SMILES string of the molecule is Cc1sc(NC(=O)c2ccco2)nc1-c1ccc2c(c1)NC(=O)CO2. The Hall–Kier alpha value is -3.13. The molecule has 25 heavy (non-hydrogen) atoms. The van der Waals surface area contributed by atoms with E-state index in [9.17, 15) is 9.59 Å². The molecule has 0 fully saturated rings. The van der Waals surface area contributed by atoms with Crippen LogP contribution in [0.2, 0.25) is 0 Å². The van der Waals surface area contributed by atoms with Crippen molar-refractivity contribution >= 4 is 34.0 Å². The predicted molar refractivity (Wildman–Crippen MR) is 93.1 cm³/mol. The predicted octanol–water partition coefficient (Wildman–Crippen LogP) is 3.29. The summed E-state index contributed by atoms with van der Waals surface area (Å²) in [6.07, 6.45) is 1.44. The molecule has 7 nitrogen and oxygen atoms in total. The van der Waals surface area contributed by atoms with Crippen LogP contribution in [0, 0.1) is 6.92 Å². The Kier molecular flexibility index (Phi) is 3.73. The smallest absolute Gasteiger partial charge is 0.293 e. The zero-order valence-corrected chi connectivity index (χ0v) is 14.0. The first-order chi connectivity index (χ1) is 12.1. The fourth-order valence-corrected chi connectivity index (χ4v) is 3.35. The number of carbonyl (C=O) groups excluding carboxylic acids is 2. The summed E-state index contributed by atoms with van der Waals surface area (Å²) >= 11 is 1.37. The first-order valence-electron chi connectivity index (χ1n) is 7.49. The second-order valence-corrected chi connectivity index (χ2v) is 6.61. The number of aromatic nitrogens is 1. The van der Waals surface area contributed by atoms with Crippen LogP contribution in [0.5, 0.6) is 5.75 Å². The third-order valence-electron chi connectivity index (χ3n) is 3.65.